The molecular weight excluding hydrogens is 268 g/mol. The molecule has 98 valence electrons. The SMILES string of the molecule is CCc1ccc(Nc2ncnc(Cl)c2[N+](=O)[O-])cc1. The summed E-state index contributed by atoms with van der Waals surface area (Å²) >= 11 is 5.71. The Bertz CT molecular complexity index is 601. The van der Waals surface area contributed by atoms with Crippen molar-refractivity contribution in [2.24, 2.45) is 0 Å². The van der Waals surface area contributed by atoms with Gasteiger partial charge in [0.2, 0.25) is 11.0 Å². The number of anilines is 2. The van der Waals surface area contributed by atoms with Crippen molar-refractivity contribution < 1.29 is 4.92 Å². The minimum atomic E-state index is -0.606. The minimum absolute atomic E-state index is 0.0780. The van der Waals surface area contributed by atoms with Gasteiger partial charge in [-0.1, -0.05) is 30.7 Å². The second-order valence-electron chi connectivity index (χ2n) is 3.79. The predicted molar refractivity (Wildman–Crippen MR) is 72.8 cm³/mol. The molecule has 0 fully saturated rings. The Morgan fingerprint density at radius 1 is 1.32 bits per heavy atom. The Labute approximate surface area is 114 Å². The molecule has 0 aliphatic rings. The Hall–Kier alpha value is -2.21. The lowest BCUT2D eigenvalue weighted by Crippen LogP contribution is -2.01. The molecule has 6 nitrogen and oxygen atoms in total. The topological polar surface area (TPSA) is 81.0 Å². The van der Waals surface area contributed by atoms with Crippen molar-refractivity contribution >= 4 is 28.8 Å². The second kappa shape index (κ2) is 5.62. The summed E-state index contributed by atoms with van der Waals surface area (Å²) in [4.78, 5) is 17.8. The van der Waals surface area contributed by atoms with E-state index in [2.05, 4.69) is 22.2 Å². The number of hydrogen-bond acceptors (Lipinski definition) is 5. The monoisotopic (exact) mass is 278 g/mol. The van der Waals surface area contributed by atoms with E-state index in [9.17, 15) is 10.1 Å². The Balaban J connectivity index is 2.32. The number of benzene rings is 1. The highest BCUT2D eigenvalue weighted by atomic mass is 35.5. The summed E-state index contributed by atoms with van der Waals surface area (Å²) in [6.07, 6.45) is 2.11. The average molecular weight is 279 g/mol. The Kier molecular flexibility index (Phi) is 3.91. The second-order valence-corrected chi connectivity index (χ2v) is 4.15. The third-order valence-electron chi connectivity index (χ3n) is 2.59. The summed E-state index contributed by atoms with van der Waals surface area (Å²) in [6.45, 7) is 2.05. The van der Waals surface area contributed by atoms with Gasteiger partial charge in [-0.25, -0.2) is 9.97 Å². The highest BCUT2D eigenvalue weighted by molar-refractivity contribution is 6.31. The van der Waals surface area contributed by atoms with Crippen LogP contribution in [-0.4, -0.2) is 14.9 Å². The fourth-order valence-electron chi connectivity index (χ4n) is 1.57. The third-order valence-corrected chi connectivity index (χ3v) is 2.86. The van der Waals surface area contributed by atoms with E-state index in [0.717, 1.165) is 6.42 Å². The molecule has 1 aromatic heterocycles. The maximum atomic E-state index is 10.9. The summed E-state index contributed by atoms with van der Waals surface area (Å²) in [5.74, 6) is 0.0780. The maximum absolute atomic E-state index is 10.9. The van der Waals surface area contributed by atoms with Crippen LogP contribution in [0, 0.1) is 10.1 Å². The van der Waals surface area contributed by atoms with Crippen LogP contribution in [0.5, 0.6) is 0 Å². The van der Waals surface area contributed by atoms with E-state index < -0.39 is 4.92 Å². The number of halogens is 1. The molecule has 0 saturated carbocycles. The molecule has 2 aromatic rings. The number of aryl methyl sites for hydroxylation is 1. The zero-order valence-electron chi connectivity index (χ0n) is 10.1. The molecule has 0 bridgehead atoms. The number of nitro groups is 1. The average Bonchev–Trinajstić information content (AvgIpc) is 2.39. The quantitative estimate of drug-likeness (QED) is 0.527. The van der Waals surface area contributed by atoms with Crippen LogP contribution in [0.2, 0.25) is 5.15 Å². The summed E-state index contributed by atoms with van der Waals surface area (Å²) < 4.78 is 0. The van der Waals surface area contributed by atoms with Crippen LogP contribution in [0.3, 0.4) is 0 Å². The van der Waals surface area contributed by atoms with E-state index in [1.54, 1.807) is 0 Å². The van der Waals surface area contributed by atoms with E-state index in [0.29, 0.717) is 5.69 Å². The highest BCUT2D eigenvalue weighted by Crippen LogP contribution is 2.30. The van der Waals surface area contributed by atoms with Crippen molar-refractivity contribution in [2.75, 3.05) is 5.32 Å². The van der Waals surface area contributed by atoms with Gasteiger partial charge in [-0.15, -0.1) is 0 Å². The maximum Gasteiger partial charge on any atom is 0.348 e. The van der Waals surface area contributed by atoms with Crippen LogP contribution in [0.25, 0.3) is 0 Å². The molecule has 7 heteroatoms. The van der Waals surface area contributed by atoms with E-state index in [1.807, 2.05) is 24.3 Å². The fourth-order valence-corrected chi connectivity index (χ4v) is 1.77. The molecule has 0 aliphatic carbocycles. The molecule has 0 aliphatic heterocycles. The first-order chi connectivity index (χ1) is 9.11. The van der Waals surface area contributed by atoms with Gasteiger partial charge >= 0.3 is 5.69 Å². The lowest BCUT2D eigenvalue weighted by Gasteiger charge is -2.06. The van der Waals surface area contributed by atoms with E-state index in [1.165, 1.54) is 11.9 Å². The number of nitrogens with one attached hydrogen (secondary N) is 1. The lowest BCUT2D eigenvalue weighted by molar-refractivity contribution is -0.384. The van der Waals surface area contributed by atoms with Crippen LogP contribution < -0.4 is 5.32 Å². The molecule has 0 atom stereocenters. The van der Waals surface area contributed by atoms with Crippen molar-refractivity contribution in [3.8, 4) is 0 Å². The van der Waals surface area contributed by atoms with Crippen LogP contribution in [0.15, 0.2) is 30.6 Å². The summed E-state index contributed by atoms with van der Waals surface area (Å²) in [5.41, 5.74) is 1.56. The molecule has 0 spiro atoms. The molecule has 19 heavy (non-hydrogen) atoms. The Morgan fingerprint density at radius 3 is 2.58 bits per heavy atom. The van der Waals surface area contributed by atoms with Crippen LogP contribution in [0.4, 0.5) is 17.2 Å². The normalized spacial score (nSPS) is 10.2. The first-order valence-electron chi connectivity index (χ1n) is 5.62. The van der Waals surface area contributed by atoms with Gasteiger partial charge in [0.1, 0.15) is 6.33 Å². The van der Waals surface area contributed by atoms with Gasteiger partial charge in [-0.05, 0) is 24.1 Å². The zero-order valence-corrected chi connectivity index (χ0v) is 10.9. The van der Waals surface area contributed by atoms with Gasteiger partial charge < -0.3 is 5.32 Å². The van der Waals surface area contributed by atoms with Gasteiger partial charge in [0.05, 0.1) is 4.92 Å². The van der Waals surface area contributed by atoms with Crippen molar-refractivity contribution in [1.29, 1.82) is 0 Å². The van der Waals surface area contributed by atoms with E-state index in [4.69, 9.17) is 11.6 Å². The molecule has 0 radical (unpaired) electrons. The molecule has 0 saturated heterocycles. The van der Waals surface area contributed by atoms with Gasteiger partial charge in [0.25, 0.3) is 0 Å². The number of hydrogen-bond donors (Lipinski definition) is 1. The summed E-state index contributed by atoms with van der Waals surface area (Å²) in [6, 6.07) is 7.55. The standard InChI is InChI=1S/C12H11ClN4O2/c1-2-8-3-5-9(6-4-8)16-12-10(17(18)19)11(13)14-7-15-12/h3-7H,2H2,1H3,(H,14,15,16). The highest BCUT2D eigenvalue weighted by Gasteiger charge is 2.21. The number of aromatic nitrogens is 2. The molecule has 1 heterocycles. The molecule has 0 amide bonds. The molecule has 1 aromatic carbocycles. The van der Waals surface area contributed by atoms with Gasteiger partial charge in [0, 0.05) is 5.69 Å². The molecule has 2 rings (SSSR count). The number of rotatable bonds is 4. The van der Waals surface area contributed by atoms with Gasteiger partial charge in [0.15, 0.2) is 0 Å². The van der Waals surface area contributed by atoms with Crippen molar-refractivity contribution in [3.05, 3.63) is 51.4 Å². The first-order valence-corrected chi connectivity index (χ1v) is 6.00. The zero-order chi connectivity index (χ0) is 13.8. The van der Waals surface area contributed by atoms with Crippen LogP contribution in [-0.2, 0) is 6.42 Å². The lowest BCUT2D eigenvalue weighted by atomic mass is 10.1. The third kappa shape index (κ3) is 2.97. The summed E-state index contributed by atoms with van der Waals surface area (Å²) in [7, 11) is 0. The fraction of sp³-hybridized carbons (Fsp3) is 0.167. The van der Waals surface area contributed by atoms with Crippen molar-refractivity contribution in [2.45, 2.75) is 13.3 Å². The smallest absolute Gasteiger partial charge is 0.334 e. The van der Waals surface area contributed by atoms with Crippen molar-refractivity contribution in [1.82, 2.24) is 9.97 Å². The van der Waals surface area contributed by atoms with Crippen LogP contribution in [0.1, 0.15) is 12.5 Å². The largest absolute Gasteiger partial charge is 0.348 e. The molecule has 0 unspecified atom stereocenters. The van der Waals surface area contributed by atoms with Crippen LogP contribution >= 0.6 is 11.6 Å². The number of nitrogens with zero attached hydrogens (tertiary/aromatic N) is 3. The first kappa shape index (κ1) is 13.2. The molecule has 1 N–H and O–H groups in total. The van der Waals surface area contributed by atoms with E-state index in [-0.39, 0.29) is 16.7 Å². The van der Waals surface area contributed by atoms with Gasteiger partial charge in [-0.3, -0.25) is 10.1 Å². The van der Waals surface area contributed by atoms with Gasteiger partial charge in [-0.2, -0.15) is 0 Å². The Morgan fingerprint density at radius 2 is 2.00 bits per heavy atom. The van der Waals surface area contributed by atoms with E-state index >= 15 is 0 Å². The predicted octanol–water partition coefficient (Wildman–Crippen LogP) is 3.34. The molecular formula is C12H11ClN4O2. The minimum Gasteiger partial charge on any atom is -0.334 e. The summed E-state index contributed by atoms with van der Waals surface area (Å²) in [5, 5.41) is 13.6. The van der Waals surface area contributed by atoms with Crippen molar-refractivity contribution in [3.63, 3.8) is 0 Å².